The molecule has 0 amide bonds. The molecular weight excluding hydrogens is 296 g/mol. The third kappa shape index (κ3) is 1.80. The molecule has 3 nitrogen and oxygen atoms in total. The maximum Gasteiger partial charge on any atom is 0.0665 e. The van der Waals surface area contributed by atoms with Crippen LogP contribution in [0.15, 0.2) is 0 Å². The minimum absolute atomic E-state index is 0.0347. The molecule has 2 N–H and O–H groups in total. The van der Waals surface area contributed by atoms with Crippen LogP contribution in [0, 0.1) is 36.0 Å². The van der Waals surface area contributed by atoms with Crippen LogP contribution in [0.3, 0.4) is 0 Å². The van der Waals surface area contributed by atoms with Crippen LogP contribution < -0.4 is 0 Å². The number of nitrogens with zero attached hydrogens (tertiary/aromatic N) is 1. The molecule has 1 aromatic rings. The van der Waals surface area contributed by atoms with Gasteiger partial charge in [-0.2, -0.15) is 5.10 Å². The first-order chi connectivity index (χ1) is 11.4. The van der Waals surface area contributed by atoms with Crippen molar-refractivity contribution in [3.63, 3.8) is 0 Å². The summed E-state index contributed by atoms with van der Waals surface area (Å²) in [6, 6.07) is 0. The molecule has 0 saturated heterocycles. The van der Waals surface area contributed by atoms with Gasteiger partial charge >= 0.3 is 0 Å². The maximum absolute atomic E-state index is 10.2. The Morgan fingerprint density at radius 2 is 1.92 bits per heavy atom. The number of aliphatic hydroxyl groups is 1. The lowest BCUT2D eigenvalue weighted by Crippen LogP contribution is -2.54. The van der Waals surface area contributed by atoms with Crippen LogP contribution in [0.1, 0.15) is 75.7 Å². The van der Waals surface area contributed by atoms with E-state index >= 15 is 0 Å². The van der Waals surface area contributed by atoms with Crippen molar-refractivity contribution < 1.29 is 5.11 Å². The van der Waals surface area contributed by atoms with Gasteiger partial charge in [-0.3, -0.25) is 5.10 Å². The molecule has 24 heavy (non-hydrogen) atoms. The highest BCUT2D eigenvalue weighted by Gasteiger charge is 2.59. The van der Waals surface area contributed by atoms with E-state index in [0.717, 1.165) is 36.5 Å². The summed E-state index contributed by atoms with van der Waals surface area (Å²) >= 11 is 0. The molecule has 5 rings (SSSR count). The lowest BCUT2D eigenvalue weighted by atomic mass is 9.45. The zero-order valence-electron chi connectivity index (χ0n) is 15.4. The fourth-order valence-electron chi connectivity index (χ4n) is 7.84. The molecule has 0 aliphatic heterocycles. The molecule has 132 valence electrons. The van der Waals surface area contributed by atoms with Crippen LogP contribution in [0.4, 0.5) is 0 Å². The highest BCUT2D eigenvalue weighted by molar-refractivity contribution is 5.40. The van der Waals surface area contributed by atoms with Gasteiger partial charge in [-0.25, -0.2) is 0 Å². The first-order valence-corrected chi connectivity index (χ1v) is 10.2. The second-order valence-electron chi connectivity index (χ2n) is 9.92. The van der Waals surface area contributed by atoms with Crippen LogP contribution in [-0.2, 0) is 11.8 Å². The molecule has 7 unspecified atom stereocenters. The average Bonchev–Trinajstić information content (AvgIpc) is 3.06. The van der Waals surface area contributed by atoms with Crippen molar-refractivity contribution in [2.75, 3.05) is 0 Å². The Labute approximate surface area is 145 Å². The fourth-order valence-corrected chi connectivity index (χ4v) is 7.84. The molecule has 0 aromatic carbocycles. The Bertz CT molecular complexity index is 667. The van der Waals surface area contributed by atoms with E-state index in [-0.39, 0.29) is 6.10 Å². The summed E-state index contributed by atoms with van der Waals surface area (Å²) in [5.74, 6) is 3.29. The normalized spacial score (nSPS) is 49.9. The Morgan fingerprint density at radius 3 is 2.75 bits per heavy atom. The van der Waals surface area contributed by atoms with Gasteiger partial charge in [0.1, 0.15) is 0 Å². The number of nitrogens with one attached hydrogen (secondary N) is 1. The second kappa shape index (κ2) is 4.87. The van der Waals surface area contributed by atoms with Crippen molar-refractivity contribution in [2.24, 2.45) is 29.1 Å². The Balaban J connectivity index is 1.50. The van der Waals surface area contributed by atoms with E-state index in [0.29, 0.717) is 10.8 Å². The zero-order valence-corrected chi connectivity index (χ0v) is 15.4. The number of aliphatic hydroxyl groups excluding tert-OH is 1. The first-order valence-electron chi connectivity index (χ1n) is 10.2. The minimum Gasteiger partial charge on any atom is -0.393 e. The third-order valence-corrected chi connectivity index (χ3v) is 9.03. The van der Waals surface area contributed by atoms with Crippen LogP contribution in [0.5, 0.6) is 0 Å². The van der Waals surface area contributed by atoms with E-state index < -0.39 is 0 Å². The lowest BCUT2D eigenvalue weighted by Gasteiger charge is -2.60. The number of aromatic amines is 1. The molecular formula is C21H32N2O. The summed E-state index contributed by atoms with van der Waals surface area (Å²) in [4.78, 5) is 0. The number of H-pyrrole nitrogens is 1. The van der Waals surface area contributed by atoms with E-state index in [4.69, 9.17) is 0 Å². The lowest BCUT2D eigenvalue weighted by molar-refractivity contribution is -0.111. The SMILES string of the molecule is Cc1[nH]nc2c1C1(C)CCC3C(CCC4CC(O)CCC43C)C1C2. The number of rotatable bonds is 0. The largest absolute Gasteiger partial charge is 0.393 e. The van der Waals surface area contributed by atoms with E-state index in [1.165, 1.54) is 49.9 Å². The van der Waals surface area contributed by atoms with Crippen molar-refractivity contribution in [2.45, 2.75) is 83.7 Å². The van der Waals surface area contributed by atoms with Crippen molar-refractivity contribution >= 4 is 0 Å². The van der Waals surface area contributed by atoms with Crippen LogP contribution in [0.25, 0.3) is 0 Å². The van der Waals surface area contributed by atoms with Crippen molar-refractivity contribution in [1.82, 2.24) is 10.2 Å². The number of aromatic nitrogens is 2. The smallest absolute Gasteiger partial charge is 0.0665 e. The number of aryl methyl sites for hydroxylation is 1. The molecule has 0 spiro atoms. The summed E-state index contributed by atoms with van der Waals surface area (Å²) in [5, 5.41) is 18.1. The highest BCUT2D eigenvalue weighted by Crippen LogP contribution is 2.65. The van der Waals surface area contributed by atoms with Crippen molar-refractivity contribution in [3.05, 3.63) is 17.0 Å². The summed E-state index contributed by atoms with van der Waals surface area (Å²) in [6.45, 7) is 7.32. The quantitative estimate of drug-likeness (QED) is 0.752. The molecule has 1 aromatic heterocycles. The highest BCUT2D eigenvalue weighted by atomic mass is 16.3. The first kappa shape index (κ1) is 15.4. The molecule has 3 heteroatoms. The Morgan fingerprint density at radius 1 is 1.08 bits per heavy atom. The summed E-state index contributed by atoms with van der Waals surface area (Å²) in [6.07, 6.45) is 9.92. The van der Waals surface area contributed by atoms with Gasteiger partial charge in [-0.1, -0.05) is 13.8 Å². The van der Waals surface area contributed by atoms with E-state index in [9.17, 15) is 5.11 Å². The van der Waals surface area contributed by atoms with Crippen molar-refractivity contribution in [3.8, 4) is 0 Å². The molecule has 3 fully saturated rings. The van der Waals surface area contributed by atoms with Crippen LogP contribution in [-0.4, -0.2) is 21.4 Å². The topological polar surface area (TPSA) is 48.9 Å². The monoisotopic (exact) mass is 328 g/mol. The molecule has 0 radical (unpaired) electrons. The van der Waals surface area contributed by atoms with Crippen LogP contribution in [0.2, 0.25) is 0 Å². The Kier molecular flexibility index (Phi) is 3.13. The maximum atomic E-state index is 10.2. The number of hydrogen-bond acceptors (Lipinski definition) is 2. The van der Waals surface area contributed by atoms with E-state index in [1.807, 2.05) is 0 Å². The van der Waals surface area contributed by atoms with Gasteiger partial charge in [-0.15, -0.1) is 0 Å². The number of fused-ring (bicyclic) bond motifs is 7. The molecule has 1 heterocycles. The standard InChI is InChI=1S/C21H32N2O/c1-12-19-18(23-22-12)11-17-15-5-4-13-10-14(24)6-8-20(13,2)16(15)7-9-21(17,19)3/h13-17,24H,4-11H2,1-3H3,(H,22,23). The van der Waals surface area contributed by atoms with E-state index in [2.05, 4.69) is 31.0 Å². The zero-order chi connectivity index (χ0) is 16.7. The van der Waals surface area contributed by atoms with Crippen molar-refractivity contribution in [1.29, 1.82) is 0 Å². The third-order valence-electron chi connectivity index (χ3n) is 9.03. The van der Waals surface area contributed by atoms with Gasteiger partial charge < -0.3 is 5.11 Å². The Hall–Kier alpha value is -0.830. The van der Waals surface area contributed by atoms with Gasteiger partial charge in [0.25, 0.3) is 0 Å². The van der Waals surface area contributed by atoms with Crippen LogP contribution >= 0.6 is 0 Å². The molecule has 7 atom stereocenters. The van der Waals surface area contributed by atoms with Gasteiger partial charge in [0.15, 0.2) is 0 Å². The van der Waals surface area contributed by atoms with Gasteiger partial charge in [0.05, 0.1) is 11.8 Å². The molecule has 0 bridgehead atoms. The predicted molar refractivity (Wildman–Crippen MR) is 94.8 cm³/mol. The summed E-state index contributed by atoms with van der Waals surface area (Å²) in [7, 11) is 0. The molecule has 4 aliphatic carbocycles. The minimum atomic E-state index is -0.0347. The predicted octanol–water partition coefficient (Wildman–Crippen LogP) is 4.14. The van der Waals surface area contributed by atoms with Gasteiger partial charge in [0, 0.05) is 11.3 Å². The van der Waals surface area contributed by atoms with Gasteiger partial charge in [0.2, 0.25) is 0 Å². The molecule has 4 aliphatic rings. The second-order valence-corrected chi connectivity index (χ2v) is 9.92. The van der Waals surface area contributed by atoms with Gasteiger partial charge in [-0.05, 0) is 92.8 Å². The van der Waals surface area contributed by atoms with E-state index in [1.54, 1.807) is 5.56 Å². The summed E-state index contributed by atoms with van der Waals surface area (Å²) in [5.41, 5.74) is 5.08. The average molecular weight is 329 g/mol. The fraction of sp³-hybridized carbons (Fsp3) is 0.857. The number of hydrogen-bond donors (Lipinski definition) is 2. The molecule has 3 saturated carbocycles. The summed E-state index contributed by atoms with van der Waals surface area (Å²) < 4.78 is 0.